The zero-order valence-electron chi connectivity index (χ0n) is 30.8. The molecular weight excluding hydrogens is 695 g/mol. The van der Waals surface area contributed by atoms with E-state index in [1.165, 1.54) is 21.5 Å². The van der Waals surface area contributed by atoms with Gasteiger partial charge in [0, 0.05) is 33.0 Å². The smallest absolute Gasteiger partial charge is 0.164 e. The van der Waals surface area contributed by atoms with E-state index in [4.69, 9.17) is 19.4 Å². The summed E-state index contributed by atoms with van der Waals surface area (Å²) in [7, 11) is 0. The summed E-state index contributed by atoms with van der Waals surface area (Å²) in [5.74, 6) is 1.79. The first kappa shape index (κ1) is 32.7. The van der Waals surface area contributed by atoms with Gasteiger partial charge in [-0.25, -0.2) is 15.0 Å². The summed E-state index contributed by atoms with van der Waals surface area (Å²) in [6, 6.07) is 69.9. The minimum atomic E-state index is 0.586. The van der Waals surface area contributed by atoms with E-state index in [-0.39, 0.29) is 0 Å². The third-order valence-corrected chi connectivity index (χ3v) is 10.9. The molecular formula is C53H33N3O. The number of furan rings is 1. The molecule has 0 saturated heterocycles. The zero-order chi connectivity index (χ0) is 37.7. The molecule has 57 heavy (non-hydrogen) atoms. The number of rotatable bonds is 6. The molecule has 4 heteroatoms. The van der Waals surface area contributed by atoms with Crippen molar-refractivity contribution in [2.75, 3.05) is 0 Å². The molecule has 0 N–H and O–H groups in total. The van der Waals surface area contributed by atoms with Gasteiger partial charge in [0.2, 0.25) is 0 Å². The maximum atomic E-state index is 6.72. The summed E-state index contributed by atoms with van der Waals surface area (Å²) in [4.78, 5) is 15.6. The van der Waals surface area contributed by atoms with Crippen LogP contribution in [0.15, 0.2) is 205 Å². The first-order valence-electron chi connectivity index (χ1n) is 19.2. The van der Waals surface area contributed by atoms with Crippen molar-refractivity contribution in [2.24, 2.45) is 0 Å². The fraction of sp³-hybridized carbons (Fsp3) is 0. The van der Waals surface area contributed by atoms with Crippen molar-refractivity contribution < 1.29 is 4.42 Å². The Morgan fingerprint density at radius 1 is 0.298 bits per heavy atom. The fourth-order valence-corrected chi connectivity index (χ4v) is 8.11. The van der Waals surface area contributed by atoms with E-state index in [2.05, 4.69) is 158 Å². The Balaban J connectivity index is 1.11. The van der Waals surface area contributed by atoms with Gasteiger partial charge in [0.25, 0.3) is 0 Å². The molecule has 0 fully saturated rings. The van der Waals surface area contributed by atoms with Crippen LogP contribution < -0.4 is 0 Å². The highest BCUT2D eigenvalue weighted by Crippen LogP contribution is 2.42. The molecule has 2 heterocycles. The molecule has 0 unspecified atom stereocenters. The van der Waals surface area contributed by atoms with Crippen LogP contribution in [0.4, 0.5) is 0 Å². The molecule has 0 saturated carbocycles. The highest BCUT2D eigenvalue weighted by Gasteiger charge is 2.20. The van der Waals surface area contributed by atoms with Crippen molar-refractivity contribution in [2.45, 2.75) is 0 Å². The SMILES string of the molecule is c1ccc(-c2nc(-c3ccc(-c4ccccc4)c(-c4ccc5ccccc5c4)c3)nc(-c3cccc4oc5c(-c6ccc7ccccc7c6)cccc5c34)n2)cc1. The molecule has 0 radical (unpaired) electrons. The Kier molecular flexibility index (Phi) is 7.78. The first-order valence-corrected chi connectivity index (χ1v) is 19.2. The van der Waals surface area contributed by atoms with E-state index >= 15 is 0 Å². The topological polar surface area (TPSA) is 51.8 Å². The summed E-state index contributed by atoms with van der Waals surface area (Å²) in [5, 5.41) is 6.79. The van der Waals surface area contributed by atoms with E-state index in [1.807, 2.05) is 42.5 Å². The molecule has 0 spiro atoms. The van der Waals surface area contributed by atoms with Crippen LogP contribution in [0.3, 0.4) is 0 Å². The van der Waals surface area contributed by atoms with E-state index in [9.17, 15) is 0 Å². The lowest BCUT2D eigenvalue weighted by Gasteiger charge is -2.14. The van der Waals surface area contributed by atoms with Crippen molar-refractivity contribution in [1.82, 2.24) is 15.0 Å². The van der Waals surface area contributed by atoms with Crippen LogP contribution in [0, 0.1) is 0 Å². The van der Waals surface area contributed by atoms with Crippen molar-refractivity contribution in [3.63, 3.8) is 0 Å². The Morgan fingerprint density at radius 2 is 0.842 bits per heavy atom. The van der Waals surface area contributed by atoms with E-state index in [1.54, 1.807) is 0 Å². The molecule has 4 nitrogen and oxygen atoms in total. The van der Waals surface area contributed by atoms with Crippen LogP contribution >= 0.6 is 0 Å². The number of nitrogens with zero attached hydrogens (tertiary/aromatic N) is 3. The van der Waals surface area contributed by atoms with Crippen LogP contribution in [0.1, 0.15) is 0 Å². The van der Waals surface area contributed by atoms with Gasteiger partial charge in [-0.1, -0.05) is 176 Å². The average Bonchev–Trinajstić information content (AvgIpc) is 3.68. The predicted octanol–water partition coefficient (Wildman–Crippen LogP) is 14.1. The molecule has 0 aliphatic rings. The van der Waals surface area contributed by atoms with Crippen molar-refractivity contribution in [3.8, 4) is 67.5 Å². The standard InChI is InChI=1S/C53H33N3O/c1-3-15-36(16-4-1)43-30-29-42(33-47(43)41-28-26-35-14-8-10-20-39(35)32-41)52-54-51(37-17-5-2-6-18-37)55-53(56-52)46-23-12-24-48-49(46)45-22-11-21-44(50(45)57-48)40-27-25-34-13-7-9-19-38(34)31-40/h1-33H. The zero-order valence-corrected chi connectivity index (χ0v) is 30.8. The van der Waals surface area contributed by atoms with Crippen molar-refractivity contribution in [1.29, 1.82) is 0 Å². The maximum absolute atomic E-state index is 6.72. The second-order valence-electron chi connectivity index (χ2n) is 14.4. The van der Waals surface area contributed by atoms with Gasteiger partial charge in [-0.2, -0.15) is 0 Å². The lowest BCUT2D eigenvalue weighted by Crippen LogP contribution is -2.01. The van der Waals surface area contributed by atoms with Crippen LogP contribution in [0.25, 0.3) is 111 Å². The van der Waals surface area contributed by atoms with Gasteiger partial charge >= 0.3 is 0 Å². The number of benzene rings is 9. The lowest BCUT2D eigenvalue weighted by molar-refractivity contribution is 0.670. The Bertz CT molecular complexity index is 3300. The number of aromatic nitrogens is 3. The summed E-state index contributed by atoms with van der Waals surface area (Å²) < 4.78 is 6.72. The number of hydrogen-bond acceptors (Lipinski definition) is 4. The fourth-order valence-electron chi connectivity index (χ4n) is 8.11. The third kappa shape index (κ3) is 5.83. The third-order valence-electron chi connectivity index (χ3n) is 10.9. The predicted molar refractivity (Wildman–Crippen MR) is 235 cm³/mol. The molecule has 11 rings (SSSR count). The van der Waals surface area contributed by atoms with Crippen LogP contribution in [0.5, 0.6) is 0 Å². The van der Waals surface area contributed by atoms with E-state index in [0.29, 0.717) is 17.5 Å². The molecule has 0 aliphatic heterocycles. The van der Waals surface area contributed by atoms with Gasteiger partial charge in [0.1, 0.15) is 11.2 Å². The number of hydrogen-bond donors (Lipinski definition) is 0. The van der Waals surface area contributed by atoms with Crippen LogP contribution in [0.2, 0.25) is 0 Å². The summed E-state index contributed by atoms with van der Waals surface area (Å²) in [5.41, 5.74) is 11.0. The number of fused-ring (bicyclic) bond motifs is 5. The van der Waals surface area contributed by atoms with Gasteiger partial charge in [0.15, 0.2) is 17.5 Å². The molecule has 11 aromatic rings. The highest BCUT2D eigenvalue weighted by molar-refractivity contribution is 6.15. The Hall–Kier alpha value is -7.69. The molecule has 0 atom stereocenters. The second-order valence-corrected chi connectivity index (χ2v) is 14.4. The van der Waals surface area contributed by atoms with Gasteiger partial charge in [-0.05, 0) is 73.6 Å². The monoisotopic (exact) mass is 727 g/mol. The van der Waals surface area contributed by atoms with Crippen LogP contribution in [-0.4, -0.2) is 15.0 Å². The molecule has 266 valence electrons. The molecule has 0 amide bonds. The minimum Gasteiger partial charge on any atom is -0.455 e. The Labute approximate surface area is 329 Å². The quantitative estimate of drug-likeness (QED) is 0.171. The lowest BCUT2D eigenvalue weighted by atomic mass is 9.91. The molecule has 9 aromatic carbocycles. The van der Waals surface area contributed by atoms with Crippen LogP contribution in [-0.2, 0) is 0 Å². The average molecular weight is 728 g/mol. The van der Waals surface area contributed by atoms with E-state index < -0.39 is 0 Å². The molecule has 0 bridgehead atoms. The first-order chi connectivity index (χ1) is 28.2. The molecule has 2 aromatic heterocycles. The normalized spacial score (nSPS) is 11.5. The highest BCUT2D eigenvalue weighted by atomic mass is 16.3. The largest absolute Gasteiger partial charge is 0.455 e. The van der Waals surface area contributed by atoms with Gasteiger partial charge < -0.3 is 4.42 Å². The summed E-state index contributed by atoms with van der Waals surface area (Å²) in [6.07, 6.45) is 0. The van der Waals surface area contributed by atoms with Crippen molar-refractivity contribution >= 4 is 43.5 Å². The van der Waals surface area contributed by atoms with Crippen molar-refractivity contribution in [3.05, 3.63) is 200 Å². The number of para-hydroxylation sites is 1. The summed E-state index contributed by atoms with van der Waals surface area (Å²) in [6.45, 7) is 0. The van der Waals surface area contributed by atoms with Gasteiger partial charge in [-0.3, -0.25) is 0 Å². The minimum absolute atomic E-state index is 0.586. The van der Waals surface area contributed by atoms with Gasteiger partial charge in [-0.15, -0.1) is 0 Å². The van der Waals surface area contributed by atoms with Gasteiger partial charge in [0.05, 0.1) is 0 Å². The Morgan fingerprint density at radius 3 is 1.54 bits per heavy atom. The summed E-state index contributed by atoms with van der Waals surface area (Å²) >= 11 is 0. The van der Waals surface area contributed by atoms with E-state index in [0.717, 1.165) is 72.0 Å². The molecule has 0 aliphatic carbocycles. The second kappa shape index (κ2) is 13.6. The maximum Gasteiger partial charge on any atom is 0.164 e.